The molecule has 0 aliphatic rings. The molecule has 3 nitrogen and oxygen atoms in total. The largest absolute Gasteiger partial charge is 0.392 e. The zero-order chi connectivity index (χ0) is 12.5. The number of fused-ring (bicyclic) bond motifs is 1. The van der Waals surface area contributed by atoms with E-state index in [1.54, 1.807) is 6.92 Å². The Balaban J connectivity index is 2.25. The molecule has 3 N–H and O–H groups in total. The predicted molar refractivity (Wildman–Crippen MR) is 71.0 cm³/mol. The minimum Gasteiger partial charge on any atom is -0.392 e. The van der Waals surface area contributed by atoms with Gasteiger partial charge in [-0.1, -0.05) is 18.2 Å². The number of hydrogen-bond donors (Lipinski definition) is 3. The van der Waals surface area contributed by atoms with Crippen LogP contribution in [0.25, 0.3) is 10.9 Å². The van der Waals surface area contributed by atoms with Crippen LogP contribution in [-0.4, -0.2) is 22.7 Å². The lowest BCUT2D eigenvalue weighted by molar-refractivity contribution is 0.176. The first-order valence-electron chi connectivity index (χ1n) is 6.00. The zero-order valence-electron chi connectivity index (χ0n) is 10.6. The standard InChI is InChI=1S/C14H20N2O/c1-10(17)9-15-14(2,3)13-8-11-6-4-5-7-12(11)16-13/h4-8,10,15-17H,9H2,1-3H3/t10-/m0/s1. The van der Waals surface area contributed by atoms with Crippen LogP contribution < -0.4 is 5.32 Å². The summed E-state index contributed by atoms with van der Waals surface area (Å²) in [6, 6.07) is 10.4. The topological polar surface area (TPSA) is 48.0 Å². The van der Waals surface area contributed by atoms with Crippen molar-refractivity contribution in [2.45, 2.75) is 32.4 Å². The SMILES string of the molecule is C[C@H](O)CNC(C)(C)c1cc2ccccc2[nH]1. The number of aromatic nitrogens is 1. The maximum Gasteiger partial charge on any atom is 0.0636 e. The first kappa shape index (κ1) is 12.1. The number of aromatic amines is 1. The van der Waals surface area contributed by atoms with Crippen LogP contribution in [0.2, 0.25) is 0 Å². The summed E-state index contributed by atoms with van der Waals surface area (Å²) in [7, 11) is 0. The van der Waals surface area contributed by atoms with E-state index in [4.69, 9.17) is 0 Å². The van der Waals surface area contributed by atoms with Crippen molar-refractivity contribution in [3.05, 3.63) is 36.0 Å². The molecule has 92 valence electrons. The smallest absolute Gasteiger partial charge is 0.0636 e. The number of para-hydroxylation sites is 1. The molecule has 2 aromatic rings. The molecule has 17 heavy (non-hydrogen) atoms. The van der Waals surface area contributed by atoms with Gasteiger partial charge in [-0.2, -0.15) is 0 Å². The predicted octanol–water partition coefficient (Wildman–Crippen LogP) is 2.37. The normalized spacial score (nSPS) is 14.1. The molecule has 1 aromatic carbocycles. The lowest BCUT2D eigenvalue weighted by Crippen LogP contribution is -2.40. The van der Waals surface area contributed by atoms with Crippen LogP contribution in [0.15, 0.2) is 30.3 Å². The molecule has 0 bridgehead atoms. The molecule has 0 saturated heterocycles. The van der Waals surface area contributed by atoms with E-state index in [2.05, 4.69) is 42.3 Å². The average molecular weight is 232 g/mol. The average Bonchev–Trinajstić information content (AvgIpc) is 2.71. The Kier molecular flexibility index (Phi) is 3.22. The van der Waals surface area contributed by atoms with Crippen molar-refractivity contribution >= 4 is 10.9 Å². The van der Waals surface area contributed by atoms with Gasteiger partial charge in [-0.3, -0.25) is 0 Å². The van der Waals surface area contributed by atoms with E-state index < -0.39 is 0 Å². The van der Waals surface area contributed by atoms with Gasteiger partial charge >= 0.3 is 0 Å². The Hall–Kier alpha value is -1.32. The molecule has 0 aliphatic heterocycles. The number of H-pyrrole nitrogens is 1. The van der Waals surface area contributed by atoms with E-state index >= 15 is 0 Å². The molecule has 0 saturated carbocycles. The van der Waals surface area contributed by atoms with Crippen LogP contribution in [0.4, 0.5) is 0 Å². The summed E-state index contributed by atoms with van der Waals surface area (Å²) < 4.78 is 0. The van der Waals surface area contributed by atoms with Gasteiger partial charge in [0, 0.05) is 17.8 Å². The number of aliphatic hydroxyl groups excluding tert-OH is 1. The summed E-state index contributed by atoms with van der Waals surface area (Å²) in [5, 5.41) is 13.9. The fourth-order valence-electron chi connectivity index (χ4n) is 1.91. The minimum absolute atomic E-state index is 0.171. The summed E-state index contributed by atoms with van der Waals surface area (Å²) in [6.07, 6.45) is -0.335. The van der Waals surface area contributed by atoms with Crippen molar-refractivity contribution in [2.75, 3.05) is 6.54 Å². The van der Waals surface area contributed by atoms with Crippen LogP contribution in [0.3, 0.4) is 0 Å². The molecule has 0 amide bonds. The van der Waals surface area contributed by atoms with Gasteiger partial charge in [0.15, 0.2) is 0 Å². The van der Waals surface area contributed by atoms with Gasteiger partial charge in [-0.25, -0.2) is 0 Å². The Morgan fingerprint density at radius 3 is 2.71 bits per heavy atom. The molecule has 0 aliphatic carbocycles. The third-order valence-corrected chi connectivity index (χ3v) is 3.04. The van der Waals surface area contributed by atoms with Crippen LogP contribution >= 0.6 is 0 Å². The van der Waals surface area contributed by atoms with Gasteiger partial charge < -0.3 is 15.4 Å². The molecule has 2 rings (SSSR count). The monoisotopic (exact) mass is 232 g/mol. The summed E-state index contributed by atoms with van der Waals surface area (Å²) in [6.45, 7) is 6.59. The second-order valence-corrected chi connectivity index (χ2v) is 5.13. The van der Waals surface area contributed by atoms with Gasteiger partial charge in [0.1, 0.15) is 0 Å². The van der Waals surface area contributed by atoms with E-state index in [-0.39, 0.29) is 11.6 Å². The molecule has 3 heteroatoms. The first-order chi connectivity index (χ1) is 7.99. The summed E-state index contributed by atoms with van der Waals surface area (Å²) in [4.78, 5) is 3.42. The number of benzene rings is 1. The molecular weight excluding hydrogens is 212 g/mol. The molecular formula is C14H20N2O. The molecule has 0 radical (unpaired) electrons. The third-order valence-electron chi connectivity index (χ3n) is 3.04. The van der Waals surface area contributed by atoms with Crippen molar-refractivity contribution in [1.82, 2.24) is 10.3 Å². The van der Waals surface area contributed by atoms with Gasteiger partial charge in [0.05, 0.1) is 11.6 Å². The van der Waals surface area contributed by atoms with E-state index in [1.165, 1.54) is 5.39 Å². The Bertz CT molecular complexity index is 467. The molecule has 0 fully saturated rings. The molecule has 1 atom stereocenters. The second-order valence-electron chi connectivity index (χ2n) is 5.13. The second kappa shape index (κ2) is 4.51. The Morgan fingerprint density at radius 1 is 1.35 bits per heavy atom. The highest BCUT2D eigenvalue weighted by Gasteiger charge is 2.22. The van der Waals surface area contributed by atoms with E-state index in [9.17, 15) is 5.11 Å². The summed E-state index contributed by atoms with van der Waals surface area (Å²) >= 11 is 0. The van der Waals surface area contributed by atoms with Crippen molar-refractivity contribution < 1.29 is 5.11 Å². The number of aliphatic hydroxyl groups is 1. The highest BCUT2D eigenvalue weighted by Crippen LogP contribution is 2.23. The summed E-state index contributed by atoms with van der Waals surface area (Å²) in [5.41, 5.74) is 2.12. The van der Waals surface area contributed by atoms with Gasteiger partial charge in [0.2, 0.25) is 0 Å². The highest BCUT2D eigenvalue weighted by atomic mass is 16.3. The maximum absolute atomic E-state index is 9.33. The number of nitrogens with one attached hydrogen (secondary N) is 2. The van der Waals surface area contributed by atoms with Crippen molar-refractivity contribution in [2.24, 2.45) is 0 Å². The zero-order valence-corrected chi connectivity index (χ0v) is 10.6. The minimum atomic E-state index is -0.335. The van der Waals surface area contributed by atoms with Crippen molar-refractivity contribution in [3.63, 3.8) is 0 Å². The number of rotatable bonds is 4. The number of hydrogen-bond acceptors (Lipinski definition) is 2. The van der Waals surface area contributed by atoms with E-state index in [0.29, 0.717) is 6.54 Å². The van der Waals surface area contributed by atoms with Crippen molar-refractivity contribution in [3.8, 4) is 0 Å². The molecule has 1 aromatic heterocycles. The van der Waals surface area contributed by atoms with Gasteiger partial charge in [-0.15, -0.1) is 0 Å². The Labute approximate surface area is 102 Å². The Morgan fingerprint density at radius 2 is 2.06 bits per heavy atom. The van der Waals surface area contributed by atoms with Gasteiger partial charge in [0.25, 0.3) is 0 Å². The molecule has 1 heterocycles. The lowest BCUT2D eigenvalue weighted by Gasteiger charge is -2.26. The first-order valence-corrected chi connectivity index (χ1v) is 6.00. The van der Waals surface area contributed by atoms with E-state index in [1.807, 2.05) is 12.1 Å². The summed E-state index contributed by atoms with van der Waals surface area (Å²) in [5.74, 6) is 0. The quantitative estimate of drug-likeness (QED) is 0.758. The lowest BCUT2D eigenvalue weighted by atomic mass is 10.0. The fraction of sp³-hybridized carbons (Fsp3) is 0.429. The van der Waals surface area contributed by atoms with Crippen molar-refractivity contribution in [1.29, 1.82) is 0 Å². The fourth-order valence-corrected chi connectivity index (χ4v) is 1.91. The third kappa shape index (κ3) is 2.68. The highest BCUT2D eigenvalue weighted by molar-refractivity contribution is 5.80. The van der Waals surface area contributed by atoms with Crippen LogP contribution in [0, 0.1) is 0 Å². The molecule has 0 spiro atoms. The maximum atomic E-state index is 9.33. The van der Waals surface area contributed by atoms with Crippen LogP contribution in [-0.2, 0) is 5.54 Å². The van der Waals surface area contributed by atoms with Crippen LogP contribution in [0.5, 0.6) is 0 Å². The molecule has 0 unspecified atom stereocenters. The van der Waals surface area contributed by atoms with Gasteiger partial charge in [-0.05, 0) is 38.3 Å². The van der Waals surface area contributed by atoms with E-state index in [0.717, 1.165) is 11.2 Å². The van der Waals surface area contributed by atoms with Crippen LogP contribution in [0.1, 0.15) is 26.5 Å².